The number of rotatable bonds is 4. The summed E-state index contributed by atoms with van der Waals surface area (Å²) in [7, 11) is 0. The third-order valence-corrected chi connectivity index (χ3v) is 3.17. The van der Waals surface area contributed by atoms with Gasteiger partial charge in [0.05, 0.1) is 5.75 Å². The molecule has 2 N–H and O–H groups in total. The molecular formula is C11H11F2N3S. The summed E-state index contributed by atoms with van der Waals surface area (Å²) in [6.07, 6.45) is 2.65. The summed E-state index contributed by atoms with van der Waals surface area (Å²) in [5.74, 6) is 0.744. The van der Waals surface area contributed by atoms with Crippen molar-refractivity contribution in [3.05, 3.63) is 42.5 Å². The van der Waals surface area contributed by atoms with Crippen molar-refractivity contribution >= 4 is 17.4 Å². The van der Waals surface area contributed by atoms with E-state index in [9.17, 15) is 8.78 Å². The monoisotopic (exact) mass is 255 g/mol. The minimum absolute atomic E-state index is 0.354. The fourth-order valence-electron chi connectivity index (χ4n) is 1.39. The number of nitrogens with zero attached hydrogens (tertiary/aromatic N) is 2. The molecule has 0 aliphatic heterocycles. The maximum atomic E-state index is 12.5. The Balaban J connectivity index is 2.05. The van der Waals surface area contributed by atoms with Crippen molar-refractivity contribution in [3.8, 4) is 0 Å². The van der Waals surface area contributed by atoms with E-state index in [1.54, 1.807) is 12.1 Å². The summed E-state index contributed by atoms with van der Waals surface area (Å²) in [5, 5.41) is 0. The van der Waals surface area contributed by atoms with Crippen LogP contribution in [0.4, 0.5) is 14.5 Å². The van der Waals surface area contributed by atoms with E-state index in [1.165, 1.54) is 24.2 Å². The predicted octanol–water partition coefficient (Wildman–Crippen LogP) is 3.15. The second-order valence-electron chi connectivity index (χ2n) is 3.39. The van der Waals surface area contributed by atoms with Crippen LogP contribution in [-0.4, -0.2) is 9.55 Å². The van der Waals surface area contributed by atoms with E-state index in [4.69, 9.17) is 5.73 Å². The molecule has 0 aliphatic rings. The summed E-state index contributed by atoms with van der Waals surface area (Å²) in [6, 6.07) is 7.30. The van der Waals surface area contributed by atoms with Gasteiger partial charge in [0.1, 0.15) is 5.82 Å². The molecule has 2 aromatic rings. The van der Waals surface area contributed by atoms with Crippen LogP contribution in [0.1, 0.15) is 12.4 Å². The first-order valence-electron chi connectivity index (χ1n) is 4.95. The number of thioether (sulfide) groups is 1. The molecule has 0 saturated carbocycles. The molecule has 0 radical (unpaired) electrons. The maximum absolute atomic E-state index is 12.5. The van der Waals surface area contributed by atoms with Crippen LogP contribution in [0.25, 0.3) is 0 Å². The van der Waals surface area contributed by atoms with Crippen molar-refractivity contribution < 1.29 is 8.78 Å². The molecule has 0 amide bonds. The van der Waals surface area contributed by atoms with Crippen molar-refractivity contribution in [1.29, 1.82) is 0 Å². The van der Waals surface area contributed by atoms with Crippen molar-refractivity contribution in [2.75, 3.05) is 5.73 Å². The summed E-state index contributed by atoms with van der Waals surface area (Å²) in [6.45, 7) is -2.55. The van der Waals surface area contributed by atoms with E-state index in [-0.39, 0.29) is 0 Å². The molecule has 2 rings (SSSR count). The summed E-state index contributed by atoms with van der Waals surface area (Å²) < 4.78 is 25.9. The number of aromatic nitrogens is 2. The van der Waals surface area contributed by atoms with Gasteiger partial charge in [-0.25, -0.2) is 4.98 Å². The second kappa shape index (κ2) is 5.18. The number of anilines is 1. The lowest BCUT2D eigenvalue weighted by Gasteiger charge is -2.06. The average Bonchev–Trinajstić information content (AvgIpc) is 2.74. The lowest BCUT2D eigenvalue weighted by Crippen LogP contribution is -2.01. The van der Waals surface area contributed by atoms with Crippen molar-refractivity contribution in [2.45, 2.75) is 17.2 Å². The molecule has 0 atom stereocenters. The Morgan fingerprint density at radius 2 is 2.24 bits per heavy atom. The van der Waals surface area contributed by atoms with Gasteiger partial charge in [0.15, 0.2) is 0 Å². The van der Waals surface area contributed by atoms with Crippen LogP contribution in [0.15, 0.2) is 41.6 Å². The molecule has 0 fully saturated rings. The van der Waals surface area contributed by atoms with Crippen molar-refractivity contribution in [2.24, 2.45) is 0 Å². The third-order valence-electron chi connectivity index (χ3n) is 2.19. The first-order valence-corrected chi connectivity index (χ1v) is 5.93. The van der Waals surface area contributed by atoms with E-state index < -0.39 is 6.55 Å². The highest BCUT2D eigenvalue weighted by molar-refractivity contribution is 7.98. The Kier molecular flexibility index (Phi) is 3.63. The largest absolute Gasteiger partial charge is 0.399 e. The normalized spacial score (nSPS) is 11.0. The Hall–Kier alpha value is -1.56. The first-order chi connectivity index (χ1) is 8.16. The Labute approximate surface area is 102 Å². The molecule has 0 spiro atoms. The van der Waals surface area contributed by atoms with Crippen LogP contribution in [0, 0.1) is 0 Å². The molecule has 17 heavy (non-hydrogen) atoms. The number of benzene rings is 1. The van der Waals surface area contributed by atoms with E-state index in [2.05, 4.69) is 4.98 Å². The minimum Gasteiger partial charge on any atom is -0.399 e. The second-order valence-corrected chi connectivity index (χ2v) is 4.44. The molecule has 0 unspecified atom stereocenters. The van der Waals surface area contributed by atoms with Gasteiger partial charge in [0, 0.05) is 23.0 Å². The number of alkyl halides is 2. The predicted molar refractivity (Wildman–Crippen MR) is 63.9 cm³/mol. The average molecular weight is 255 g/mol. The highest BCUT2D eigenvalue weighted by Gasteiger charge is 2.11. The van der Waals surface area contributed by atoms with Crippen LogP contribution in [0.5, 0.6) is 0 Å². The molecule has 1 heterocycles. The zero-order valence-electron chi connectivity index (χ0n) is 8.88. The summed E-state index contributed by atoms with van der Waals surface area (Å²) >= 11 is 1.43. The van der Waals surface area contributed by atoms with E-state index >= 15 is 0 Å². The number of nitrogen functional groups attached to an aromatic ring is 1. The molecule has 1 aromatic heterocycles. The third kappa shape index (κ3) is 2.97. The molecule has 3 nitrogen and oxygen atoms in total. The van der Waals surface area contributed by atoms with Gasteiger partial charge in [0.2, 0.25) is 0 Å². The van der Waals surface area contributed by atoms with Gasteiger partial charge in [-0.2, -0.15) is 8.78 Å². The van der Waals surface area contributed by atoms with Gasteiger partial charge in [-0.3, -0.25) is 4.57 Å². The zero-order valence-corrected chi connectivity index (χ0v) is 9.70. The number of hydrogen-bond acceptors (Lipinski definition) is 3. The highest BCUT2D eigenvalue weighted by Crippen LogP contribution is 2.25. The quantitative estimate of drug-likeness (QED) is 0.674. The number of nitrogens with two attached hydrogens (primary N) is 1. The van der Waals surface area contributed by atoms with Crippen LogP contribution in [0.2, 0.25) is 0 Å². The fraction of sp³-hybridized carbons (Fsp3) is 0.182. The van der Waals surface area contributed by atoms with Gasteiger partial charge in [0.25, 0.3) is 0 Å². The molecule has 0 aliphatic carbocycles. The smallest absolute Gasteiger partial charge is 0.319 e. The highest BCUT2D eigenvalue weighted by atomic mass is 32.2. The van der Waals surface area contributed by atoms with E-state index in [0.29, 0.717) is 17.3 Å². The lowest BCUT2D eigenvalue weighted by atomic mass is 10.3. The number of halogens is 2. The topological polar surface area (TPSA) is 43.8 Å². The molecule has 1 aromatic carbocycles. The van der Waals surface area contributed by atoms with Crippen LogP contribution in [-0.2, 0) is 5.75 Å². The lowest BCUT2D eigenvalue weighted by molar-refractivity contribution is 0.0678. The molecule has 90 valence electrons. The van der Waals surface area contributed by atoms with Gasteiger partial charge < -0.3 is 5.73 Å². The maximum Gasteiger partial charge on any atom is 0.319 e. The standard InChI is InChI=1S/C11H11F2N3S/c12-11(13)16-5-4-15-10(16)7-17-9-3-1-2-8(14)6-9/h1-6,11H,7,14H2. The number of hydrogen-bond donors (Lipinski definition) is 1. The molecular weight excluding hydrogens is 244 g/mol. The van der Waals surface area contributed by atoms with Gasteiger partial charge in [-0.05, 0) is 18.2 Å². The Morgan fingerprint density at radius 1 is 1.41 bits per heavy atom. The fourth-order valence-corrected chi connectivity index (χ4v) is 2.30. The van der Waals surface area contributed by atoms with Crippen molar-refractivity contribution in [3.63, 3.8) is 0 Å². The van der Waals surface area contributed by atoms with Crippen molar-refractivity contribution in [1.82, 2.24) is 9.55 Å². The van der Waals surface area contributed by atoms with Gasteiger partial charge in [-0.15, -0.1) is 11.8 Å². The zero-order chi connectivity index (χ0) is 12.3. The summed E-state index contributed by atoms with van der Waals surface area (Å²) in [4.78, 5) is 4.84. The van der Waals surface area contributed by atoms with Gasteiger partial charge in [-0.1, -0.05) is 6.07 Å². The molecule has 6 heteroatoms. The van der Waals surface area contributed by atoms with Crippen LogP contribution < -0.4 is 5.73 Å². The Bertz CT molecular complexity index is 499. The van der Waals surface area contributed by atoms with Gasteiger partial charge >= 0.3 is 6.55 Å². The number of imidazole rings is 1. The molecule has 0 bridgehead atoms. The van der Waals surface area contributed by atoms with E-state index in [0.717, 1.165) is 9.46 Å². The minimum atomic E-state index is -2.55. The SMILES string of the molecule is Nc1cccc(SCc2nccn2C(F)F)c1. The van der Waals surface area contributed by atoms with Crippen LogP contribution in [0.3, 0.4) is 0 Å². The first kappa shape index (κ1) is 11.9. The van der Waals surface area contributed by atoms with E-state index in [1.807, 2.05) is 12.1 Å². The Morgan fingerprint density at radius 3 is 2.94 bits per heavy atom. The molecule has 0 saturated heterocycles. The summed E-state index contributed by atoms with van der Waals surface area (Å²) in [5.41, 5.74) is 6.29. The van der Waals surface area contributed by atoms with Crippen LogP contribution >= 0.6 is 11.8 Å².